The van der Waals surface area contributed by atoms with Crippen molar-refractivity contribution in [2.75, 3.05) is 0 Å². The van der Waals surface area contributed by atoms with Gasteiger partial charge in [-0.2, -0.15) is 5.26 Å². The van der Waals surface area contributed by atoms with Gasteiger partial charge < -0.3 is 20.1 Å². The molecule has 4 rings (SSSR count). The van der Waals surface area contributed by atoms with Crippen molar-refractivity contribution in [2.24, 2.45) is 0 Å². The van der Waals surface area contributed by atoms with Crippen molar-refractivity contribution in [3.05, 3.63) is 52.1 Å². The number of aliphatic hydroxyl groups is 1. The van der Waals surface area contributed by atoms with Crippen LogP contribution in [-0.4, -0.2) is 21.1 Å². The van der Waals surface area contributed by atoms with Gasteiger partial charge in [-0.25, -0.2) is 0 Å². The molecule has 1 aliphatic heterocycles. The smallest absolute Gasteiger partial charge is 0.219 e. The Morgan fingerprint density at radius 2 is 1.96 bits per heavy atom. The van der Waals surface area contributed by atoms with Crippen molar-refractivity contribution in [1.29, 1.82) is 5.26 Å². The molecule has 2 unspecified atom stereocenters. The van der Waals surface area contributed by atoms with Crippen LogP contribution in [0.4, 0.5) is 0 Å². The van der Waals surface area contributed by atoms with Gasteiger partial charge in [-0.15, -0.1) is 0 Å². The first-order chi connectivity index (χ1) is 10.9. The molecule has 0 aromatic heterocycles. The first-order valence-corrected chi connectivity index (χ1v) is 7.41. The van der Waals surface area contributed by atoms with Crippen LogP contribution in [0.1, 0.15) is 33.7 Å². The van der Waals surface area contributed by atoms with Crippen LogP contribution in [0.15, 0.2) is 24.3 Å². The second-order valence-corrected chi connectivity index (χ2v) is 6.28. The van der Waals surface area contributed by atoms with Gasteiger partial charge in [0, 0.05) is 6.42 Å². The molecule has 2 atom stereocenters. The van der Waals surface area contributed by atoms with Gasteiger partial charge in [0.25, 0.3) is 0 Å². The Morgan fingerprint density at radius 3 is 2.70 bits per heavy atom. The SMILES string of the molecule is Cc1ccc2c(c1C#N)OC1(O)Cc3cc(O)c(O)cc3C1C2. The molecular formula is C18H15NO4. The summed E-state index contributed by atoms with van der Waals surface area (Å²) in [5, 5.41) is 39.8. The van der Waals surface area contributed by atoms with E-state index in [0.717, 1.165) is 22.3 Å². The van der Waals surface area contributed by atoms with E-state index in [1.807, 2.05) is 19.1 Å². The summed E-state index contributed by atoms with van der Waals surface area (Å²) in [5.74, 6) is -1.79. The Kier molecular flexibility index (Phi) is 2.66. The average molecular weight is 309 g/mol. The minimum Gasteiger partial charge on any atom is -0.504 e. The normalized spacial score (nSPS) is 24.1. The highest BCUT2D eigenvalue weighted by molar-refractivity contribution is 5.58. The maximum absolute atomic E-state index is 11.0. The number of rotatable bonds is 0. The first-order valence-electron chi connectivity index (χ1n) is 7.41. The summed E-state index contributed by atoms with van der Waals surface area (Å²) >= 11 is 0. The zero-order valence-corrected chi connectivity index (χ0v) is 12.5. The predicted octanol–water partition coefficient (Wildman–Crippen LogP) is 2.24. The lowest BCUT2D eigenvalue weighted by atomic mass is 9.85. The van der Waals surface area contributed by atoms with Crippen molar-refractivity contribution in [3.8, 4) is 23.3 Å². The fourth-order valence-corrected chi connectivity index (χ4v) is 3.67. The molecule has 5 nitrogen and oxygen atoms in total. The van der Waals surface area contributed by atoms with Crippen LogP contribution in [0.2, 0.25) is 0 Å². The van der Waals surface area contributed by atoms with Gasteiger partial charge in [-0.1, -0.05) is 12.1 Å². The van der Waals surface area contributed by atoms with E-state index in [9.17, 15) is 20.6 Å². The minimum absolute atomic E-state index is 0.207. The van der Waals surface area contributed by atoms with Crippen LogP contribution in [0, 0.1) is 18.3 Å². The molecule has 5 heteroatoms. The molecule has 2 aliphatic rings. The molecule has 116 valence electrons. The van der Waals surface area contributed by atoms with Crippen LogP contribution in [-0.2, 0) is 12.8 Å². The van der Waals surface area contributed by atoms with Gasteiger partial charge in [-0.3, -0.25) is 0 Å². The molecule has 0 radical (unpaired) electrons. The predicted molar refractivity (Wildman–Crippen MR) is 81.4 cm³/mol. The number of hydrogen-bond donors (Lipinski definition) is 3. The van der Waals surface area contributed by atoms with E-state index in [1.165, 1.54) is 12.1 Å². The molecule has 3 N–H and O–H groups in total. The topological polar surface area (TPSA) is 93.7 Å². The van der Waals surface area contributed by atoms with Crippen molar-refractivity contribution in [2.45, 2.75) is 31.5 Å². The highest BCUT2D eigenvalue weighted by Crippen LogP contribution is 2.51. The monoisotopic (exact) mass is 309 g/mol. The van der Waals surface area contributed by atoms with Crippen molar-refractivity contribution in [3.63, 3.8) is 0 Å². The summed E-state index contributed by atoms with van der Waals surface area (Å²) in [6.45, 7) is 1.83. The molecule has 2 aromatic rings. The third-order valence-electron chi connectivity index (χ3n) is 4.86. The lowest BCUT2D eigenvalue weighted by Crippen LogP contribution is -2.44. The lowest BCUT2D eigenvalue weighted by Gasteiger charge is -2.37. The van der Waals surface area contributed by atoms with Gasteiger partial charge in [0.05, 0.1) is 11.5 Å². The Labute approximate surface area is 133 Å². The highest BCUT2D eigenvalue weighted by Gasteiger charge is 2.51. The lowest BCUT2D eigenvalue weighted by molar-refractivity contribution is -0.155. The van der Waals surface area contributed by atoms with E-state index < -0.39 is 5.79 Å². The Morgan fingerprint density at radius 1 is 1.22 bits per heavy atom. The van der Waals surface area contributed by atoms with Gasteiger partial charge in [0.15, 0.2) is 11.5 Å². The van der Waals surface area contributed by atoms with Crippen LogP contribution in [0.25, 0.3) is 0 Å². The molecule has 0 bridgehead atoms. The van der Waals surface area contributed by atoms with Gasteiger partial charge in [0.2, 0.25) is 5.79 Å². The van der Waals surface area contributed by atoms with E-state index in [1.54, 1.807) is 0 Å². The number of nitriles is 1. The minimum atomic E-state index is -1.46. The molecular weight excluding hydrogens is 294 g/mol. The van der Waals surface area contributed by atoms with E-state index in [-0.39, 0.29) is 23.8 Å². The highest BCUT2D eigenvalue weighted by atomic mass is 16.6. The number of hydrogen-bond acceptors (Lipinski definition) is 5. The largest absolute Gasteiger partial charge is 0.504 e. The summed E-state index contributed by atoms with van der Waals surface area (Å²) in [7, 11) is 0. The van der Waals surface area contributed by atoms with Crippen LogP contribution < -0.4 is 4.74 Å². The summed E-state index contributed by atoms with van der Waals surface area (Å²) in [6.07, 6.45) is 0.719. The van der Waals surface area contributed by atoms with Crippen molar-refractivity contribution >= 4 is 0 Å². The van der Waals surface area contributed by atoms with Crippen LogP contribution >= 0.6 is 0 Å². The molecule has 0 amide bonds. The Balaban J connectivity index is 1.86. The standard InChI is InChI=1S/C18H15NO4/c1-9-2-3-10-4-14-12-6-16(21)15(20)5-11(12)7-18(14,22)23-17(10)13(9)8-19/h2-3,5-6,14,20-22H,4,7H2,1H3. The molecule has 23 heavy (non-hydrogen) atoms. The van der Waals surface area contributed by atoms with E-state index >= 15 is 0 Å². The molecule has 1 heterocycles. The number of phenolic OH excluding ortho intramolecular Hbond substituents is 2. The number of aryl methyl sites for hydroxylation is 1. The second-order valence-electron chi connectivity index (χ2n) is 6.28. The third-order valence-corrected chi connectivity index (χ3v) is 4.86. The zero-order chi connectivity index (χ0) is 16.4. The number of fused-ring (bicyclic) bond motifs is 4. The summed E-state index contributed by atoms with van der Waals surface area (Å²) in [4.78, 5) is 0. The number of benzene rings is 2. The number of nitrogens with zero attached hydrogens (tertiary/aromatic N) is 1. The fraction of sp³-hybridized carbons (Fsp3) is 0.278. The number of ether oxygens (including phenoxy) is 1. The van der Waals surface area contributed by atoms with Crippen LogP contribution in [0.3, 0.4) is 0 Å². The second kappa shape index (κ2) is 4.40. The molecule has 0 fully saturated rings. The first kappa shape index (κ1) is 13.9. The average Bonchev–Trinajstić information content (AvgIpc) is 2.76. The number of phenols is 2. The molecule has 2 aromatic carbocycles. The summed E-state index contributed by atoms with van der Waals surface area (Å²) < 4.78 is 5.88. The summed E-state index contributed by atoms with van der Waals surface area (Å²) in [5.41, 5.74) is 3.63. The third kappa shape index (κ3) is 1.82. The van der Waals surface area contributed by atoms with E-state index in [2.05, 4.69) is 6.07 Å². The van der Waals surface area contributed by atoms with E-state index in [0.29, 0.717) is 17.7 Å². The van der Waals surface area contributed by atoms with Gasteiger partial charge in [0.1, 0.15) is 11.8 Å². The fourth-order valence-electron chi connectivity index (χ4n) is 3.67. The maximum Gasteiger partial charge on any atom is 0.219 e. The van der Waals surface area contributed by atoms with Gasteiger partial charge in [-0.05, 0) is 47.7 Å². The summed E-state index contributed by atoms with van der Waals surface area (Å²) in [6, 6.07) is 8.87. The molecule has 0 saturated carbocycles. The molecule has 0 saturated heterocycles. The zero-order valence-electron chi connectivity index (χ0n) is 12.5. The quantitative estimate of drug-likeness (QED) is 0.649. The van der Waals surface area contributed by atoms with Crippen molar-refractivity contribution in [1.82, 2.24) is 0 Å². The van der Waals surface area contributed by atoms with Crippen molar-refractivity contribution < 1.29 is 20.1 Å². The van der Waals surface area contributed by atoms with Gasteiger partial charge >= 0.3 is 0 Å². The number of aromatic hydroxyl groups is 2. The van der Waals surface area contributed by atoms with E-state index in [4.69, 9.17) is 4.74 Å². The Hall–Kier alpha value is -2.71. The molecule has 0 spiro atoms. The van der Waals surface area contributed by atoms with Crippen LogP contribution in [0.5, 0.6) is 17.2 Å². The maximum atomic E-state index is 11.0. The molecule has 1 aliphatic carbocycles. The Bertz CT molecular complexity index is 884.